The third-order valence-electron chi connectivity index (χ3n) is 4.26. The summed E-state index contributed by atoms with van der Waals surface area (Å²) in [5.41, 5.74) is 3.32. The molecule has 0 aliphatic carbocycles. The Hall–Kier alpha value is -3.41. The van der Waals surface area contributed by atoms with Gasteiger partial charge in [-0.2, -0.15) is 4.98 Å². The van der Waals surface area contributed by atoms with Gasteiger partial charge in [0.05, 0.1) is 18.4 Å². The van der Waals surface area contributed by atoms with Gasteiger partial charge in [0.1, 0.15) is 5.82 Å². The van der Waals surface area contributed by atoms with Crippen LogP contribution in [0.2, 0.25) is 0 Å². The second kappa shape index (κ2) is 8.08. The predicted molar refractivity (Wildman–Crippen MR) is 112 cm³/mol. The number of nitrogens with zero attached hydrogens (tertiary/aromatic N) is 2. The summed E-state index contributed by atoms with van der Waals surface area (Å²) in [6, 6.07) is 17.1. The largest absolute Gasteiger partial charge is 0.465 e. The summed E-state index contributed by atoms with van der Waals surface area (Å²) in [5, 5.41) is 6.35. The third kappa shape index (κ3) is 4.65. The molecular weight excluding hydrogens is 352 g/mol. The van der Waals surface area contributed by atoms with Crippen LogP contribution in [0, 0.1) is 0 Å². The molecule has 6 nitrogen and oxygen atoms in total. The number of carbonyl (C=O) groups excluding carboxylic acids is 1. The van der Waals surface area contributed by atoms with E-state index in [9.17, 15) is 4.79 Å². The molecule has 0 atom stereocenters. The molecule has 144 valence electrons. The number of hydrogen-bond donors (Lipinski definition) is 2. The molecule has 28 heavy (non-hydrogen) atoms. The van der Waals surface area contributed by atoms with Crippen molar-refractivity contribution in [3.8, 4) is 0 Å². The van der Waals surface area contributed by atoms with E-state index < -0.39 is 5.97 Å². The number of aromatic nitrogens is 2. The van der Waals surface area contributed by atoms with Gasteiger partial charge in [-0.25, -0.2) is 9.78 Å². The molecule has 1 heterocycles. The molecule has 0 saturated heterocycles. The Kier molecular flexibility index (Phi) is 5.59. The topological polar surface area (TPSA) is 76.1 Å². The predicted octanol–water partition coefficient (Wildman–Crippen LogP) is 5.05. The molecule has 0 amide bonds. The van der Waals surface area contributed by atoms with Gasteiger partial charge in [0, 0.05) is 11.9 Å². The highest BCUT2D eigenvalue weighted by molar-refractivity contribution is 5.96. The van der Waals surface area contributed by atoms with Crippen LogP contribution in [0.3, 0.4) is 0 Å². The maximum atomic E-state index is 11.9. The lowest BCUT2D eigenvalue weighted by Crippen LogP contribution is -2.10. The van der Waals surface area contributed by atoms with E-state index in [1.807, 2.05) is 18.2 Å². The first-order valence-corrected chi connectivity index (χ1v) is 9.02. The summed E-state index contributed by atoms with van der Waals surface area (Å²) in [6.07, 6.45) is 1.65. The van der Waals surface area contributed by atoms with E-state index in [1.54, 1.807) is 30.5 Å². The first-order valence-electron chi connectivity index (χ1n) is 9.02. The van der Waals surface area contributed by atoms with Crippen LogP contribution >= 0.6 is 0 Å². The molecule has 0 fully saturated rings. The van der Waals surface area contributed by atoms with Crippen molar-refractivity contribution < 1.29 is 9.53 Å². The number of nitrogens with one attached hydrogen (secondary N) is 2. The van der Waals surface area contributed by atoms with Gasteiger partial charge in [0.15, 0.2) is 0 Å². The second-order valence-corrected chi connectivity index (χ2v) is 7.38. The molecule has 6 heteroatoms. The smallest absolute Gasteiger partial charge is 0.339 e. The average molecular weight is 376 g/mol. The molecule has 2 N–H and O–H groups in total. The number of para-hydroxylation sites is 1. The molecule has 0 saturated carbocycles. The average Bonchev–Trinajstić information content (AvgIpc) is 2.68. The van der Waals surface area contributed by atoms with Crippen LogP contribution in [0.4, 0.5) is 23.1 Å². The molecule has 0 aliphatic rings. The summed E-state index contributed by atoms with van der Waals surface area (Å²) in [4.78, 5) is 20.6. The van der Waals surface area contributed by atoms with E-state index in [0.717, 1.165) is 5.69 Å². The van der Waals surface area contributed by atoms with Gasteiger partial charge in [-0.3, -0.25) is 0 Å². The highest BCUT2D eigenvalue weighted by Gasteiger charge is 2.14. The van der Waals surface area contributed by atoms with Crippen molar-refractivity contribution in [2.45, 2.75) is 26.2 Å². The van der Waals surface area contributed by atoms with Crippen molar-refractivity contribution in [1.29, 1.82) is 0 Å². The lowest BCUT2D eigenvalue weighted by molar-refractivity contribution is 0.0602. The number of ether oxygens (including phenoxy) is 1. The molecular formula is C22H24N4O2. The van der Waals surface area contributed by atoms with Crippen LogP contribution < -0.4 is 10.6 Å². The molecule has 3 aromatic rings. The molecule has 3 rings (SSSR count). The van der Waals surface area contributed by atoms with E-state index in [2.05, 4.69) is 53.5 Å². The summed E-state index contributed by atoms with van der Waals surface area (Å²) in [5.74, 6) is 0.612. The SMILES string of the molecule is COC(=O)c1ccccc1Nc1nccc(Nc2ccc(C(C)(C)C)cc2)n1. The Morgan fingerprint density at radius 2 is 1.68 bits per heavy atom. The van der Waals surface area contributed by atoms with Crippen molar-refractivity contribution in [2.75, 3.05) is 17.7 Å². The van der Waals surface area contributed by atoms with Crippen LogP contribution in [-0.4, -0.2) is 23.0 Å². The fourth-order valence-corrected chi connectivity index (χ4v) is 2.69. The van der Waals surface area contributed by atoms with Crippen molar-refractivity contribution in [3.05, 3.63) is 71.9 Å². The maximum absolute atomic E-state index is 11.9. The maximum Gasteiger partial charge on any atom is 0.339 e. The molecule has 0 spiro atoms. The number of anilines is 4. The molecule has 0 radical (unpaired) electrons. The van der Waals surface area contributed by atoms with E-state index in [0.29, 0.717) is 23.0 Å². The first-order chi connectivity index (χ1) is 13.4. The summed E-state index contributed by atoms with van der Waals surface area (Å²) in [7, 11) is 1.35. The van der Waals surface area contributed by atoms with Crippen LogP contribution in [0.15, 0.2) is 60.8 Å². The van der Waals surface area contributed by atoms with Gasteiger partial charge in [0.2, 0.25) is 5.95 Å². The number of carbonyl (C=O) groups is 1. The Labute approximate surface area is 165 Å². The first kappa shape index (κ1) is 19.4. The molecule has 2 aromatic carbocycles. The molecule has 1 aromatic heterocycles. The quantitative estimate of drug-likeness (QED) is 0.607. The number of esters is 1. The number of rotatable bonds is 5. The number of hydrogen-bond acceptors (Lipinski definition) is 6. The minimum Gasteiger partial charge on any atom is -0.465 e. The van der Waals surface area contributed by atoms with E-state index in [4.69, 9.17) is 4.74 Å². The normalized spacial score (nSPS) is 11.0. The van der Waals surface area contributed by atoms with Gasteiger partial charge >= 0.3 is 5.97 Å². The van der Waals surface area contributed by atoms with Gasteiger partial charge in [-0.05, 0) is 41.3 Å². The molecule has 0 unspecified atom stereocenters. The zero-order valence-electron chi connectivity index (χ0n) is 16.5. The molecule has 0 aliphatic heterocycles. The van der Waals surface area contributed by atoms with Gasteiger partial charge in [-0.15, -0.1) is 0 Å². The third-order valence-corrected chi connectivity index (χ3v) is 4.26. The van der Waals surface area contributed by atoms with Crippen molar-refractivity contribution in [2.24, 2.45) is 0 Å². The standard InChI is InChI=1S/C22H24N4O2/c1-22(2,3)15-9-11-16(12-10-15)24-19-13-14-23-21(26-19)25-18-8-6-5-7-17(18)20(27)28-4/h5-14H,1-4H3,(H2,23,24,25,26). The van der Waals surface area contributed by atoms with Crippen molar-refractivity contribution in [1.82, 2.24) is 9.97 Å². The lowest BCUT2D eigenvalue weighted by Gasteiger charge is -2.19. The van der Waals surface area contributed by atoms with E-state index in [-0.39, 0.29) is 5.41 Å². The number of benzene rings is 2. The Morgan fingerprint density at radius 1 is 0.964 bits per heavy atom. The fraction of sp³-hybridized carbons (Fsp3) is 0.227. The van der Waals surface area contributed by atoms with Crippen LogP contribution in [0.1, 0.15) is 36.7 Å². The van der Waals surface area contributed by atoms with E-state index in [1.165, 1.54) is 12.7 Å². The number of methoxy groups -OCH3 is 1. The van der Waals surface area contributed by atoms with Crippen molar-refractivity contribution >= 4 is 29.1 Å². The monoisotopic (exact) mass is 376 g/mol. The zero-order valence-corrected chi connectivity index (χ0v) is 16.5. The molecule has 0 bridgehead atoms. The van der Waals surface area contributed by atoms with E-state index >= 15 is 0 Å². The summed E-state index contributed by atoms with van der Waals surface area (Å²) >= 11 is 0. The van der Waals surface area contributed by atoms with Crippen molar-refractivity contribution in [3.63, 3.8) is 0 Å². The van der Waals surface area contributed by atoms with Crippen LogP contribution in [0.25, 0.3) is 0 Å². The summed E-state index contributed by atoms with van der Waals surface area (Å²) < 4.78 is 4.82. The Balaban J connectivity index is 1.77. The Bertz CT molecular complexity index is 963. The second-order valence-electron chi connectivity index (χ2n) is 7.38. The highest BCUT2D eigenvalue weighted by Crippen LogP contribution is 2.25. The minimum atomic E-state index is -0.420. The van der Waals surface area contributed by atoms with Crippen LogP contribution in [-0.2, 0) is 10.2 Å². The van der Waals surface area contributed by atoms with Gasteiger partial charge in [-0.1, -0.05) is 45.0 Å². The van der Waals surface area contributed by atoms with Gasteiger partial charge in [0.25, 0.3) is 0 Å². The Morgan fingerprint density at radius 3 is 2.36 bits per heavy atom. The van der Waals surface area contributed by atoms with Crippen LogP contribution in [0.5, 0.6) is 0 Å². The zero-order chi connectivity index (χ0) is 20.1. The highest BCUT2D eigenvalue weighted by atomic mass is 16.5. The fourth-order valence-electron chi connectivity index (χ4n) is 2.69. The van der Waals surface area contributed by atoms with Gasteiger partial charge < -0.3 is 15.4 Å². The summed E-state index contributed by atoms with van der Waals surface area (Å²) in [6.45, 7) is 6.55. The lowest BCUT2D eigenvalue weighted by atomic mass is 9.87. The minimum absolute atomic E-state index is 0.109.